The van der Waals surface area contributed by atoms with Crippen molar-refractivity contribution in [3.05, 3.63) is 87.6 Å². The highest BCUT2D eigenvalue weighted by Gasteiger charge is 2.12. The molecule has 0 atom stereocenters. The number of carbonyl (C=O) groups excluding carboxylic acids is 2. The number of halogens is 1. The molecule has 0 fully saturated rings. The molecule has 0 aliphatic rings. The lowest BCUT2D eigenvalue weighted by Gasteiger charge is -2.12. The van der Waals surface area contributed by atoms with E-state index in [1.54, 1.807) is 65.9 Å². The molecule has 0 unspecified atom stereocenters. The normalized spacial score (nSPS) is 10.7. The first kappa shape index (κ1) is 17.9. The van der Waals surface area contributed by atoms with Gasteiger partial charge in [0.2, 0.25) is 5.91 Å². The maximum Gasteiger partial charge on any atom is 0.257 e. The quantitative estimate of drug-likeness (QED) is 0.588. The van der Waals surface area contributed by atoms with E-state index in [-0.39, 0.29) is 11.8 Å². The molecule has 26 heavy (non-hydrogen) atoms. The minimum Gasteiger partial charge on any atom is -0.321 e. The lowest BCUT2D eigenvalue weighted by Crippen LogP contribution is -2.15. The molecule has 2 N–H and O–H groups in total. The summed E-state index contributed by atoms with van der Waals surface area (Å²) in [7, 11) is 0. The Bertz CT molecular complexity index is 952. The SMILES string of the molecule is O=C(C=Cc1cccs1)Nc1ccccc1NC(=O)c1ccccc1Cl. The fraction of sp³-hybridized carbons (Fsp3) is 0. The summed E-state index contributed by atoms with van der Waals surface area (Å²) in [6.45, 7) is 0. The van der Waals surface area contributed by atoms with Crippen LogP contribution in [0.3, 0.4) is 0 Å². The number of carbonyl (C=O) groups is 2. The first-order valence-corrected chi connectivity index (χ1v) is 9.07. The fourth-order valence-electron chi connectivity index (χ4n) is 2.25. The van der Waals surface area contributed by atoms with Crippen molar-refractivity contribution >= 4 is 52.2 Å². The summed E-state index contributed by atoms with van der Waals surface area (Å²) in [5.74, 6) is -0.621. The Labute approximate surface area is 160 Å². The molecule has 1 aromatic heterocycles. The summed E-state index contributed by atoms with van der Waals surface area (Å²) in [6.07, 6.45) is 3.20. The average molecular weight is 383 g/mol. The van der Waals surface area contributed by atoms with Crippen LogP contribution in [0.1, 0.15) is 15.2 Å². The molecule has 0 saturated carbocycles. The molecule has 0 radical (unpaired) electrons. The third-order valence-electron chi connectivity index (χ3n) is 3.49. The molecule has 3 rings (SSSR count). The van der Waals surface area contributed by atoms with E-state index in [2.05, 4.69) is 10.6 Å². The molecule has 1 heterocycles. The highest BCUT2D eigenvalue weighted by atomic mass is 35.5. The Morgan fingerprint density at radius 2 is 1.58 bits per heavy atom. The van der Waals surface area contributed by atoms with Crippen LogP contribution >= 0.6 is 22.9 Å². The summed E-state index contributed by atoms with van der Waals surface area (Å²) in [5, 5.41) is 7.87. The molecule has 0 aliphatic heterocycles. The highest BCUT2D eigenvalue weighted by Crippen LogP contribution is 2.23. The largest absolute Gasteiger partial charge is 0.321 e. The van der Waals surface area contributed by atoms with Crippen LogP contribution in [-0.2, 0) is 4.79 Å². The molecule has 6 heteroatoms. The highest BCUT2D eigenvalue weighted by molar-refractivity contribution is 7.10. The van der Waals surface area contributed by atoms with Gasteiger partial charge in [-0.05, 0) is 41.8 Å². The van der Waals surface area contributed by atoms with Crippen LogP contribution in [0.25, 0.3) is 6.08 Å². The molecule has 0 aliphatic carbocycles. The van der Waals surface area contributed by atoms with E-state index < -0.39 is 0 Å². The second kappa shape index (κ2) is 8.47. The van der Waals surface area contributed by atoms with Gasteiger partial charge in [-0.15, -0.1) is 11.3 Å². The third kappa shape index (κ3) is 4.59. The van der Waals surface area contributed by atoms with Gasteiger partial charge in [0.1, 0.15) is 0 Å². The molecule has 0 bridgehead atoms. The Kier molecular flexibility index (Phi) is 5.84. The van der Waals surface area contributed by atoms with Crippen molar-refractivity contribution in [2.75, 3.05) is 10.6 Å². The topological polar surface area (TPSA) is 58.2 Å². The standard InChI is InChI=1S/C20H15ClN2O2S/c21-16-8-2-1-7-15(16)20(25)23-18-10-4-3-9-17(18)22-19(24)12-11-14-6-5-13-26-14/h1-13H,(H,22,24)(H,23,25). The molecule has 2 aromatic carbocycles. The van der Waals surface area contributed by atoms with Crippen LogP contribution in [0.2, 0.25) is 5.02 Å². The number of amides is 2. The fourth-order valence-corrected chi connectivity index (χ4v) is 3.09. The van der Waals surface area contributed by atoms with Gasteiger partial charge >= 0.3 is 0 Å². The van der Waals surface area contributed by atoms with Crippen LogP contribution in [0.15, 0.2) is 72.1 Å². The smallest absolute Gasteiger partial charge is 0.257 e. The summed E-state index contributed by atoms with van der Waals surface area (Å²) >= 11 is 7.61. The number of benzene rings is 2. The van der Waals surface area contributed by atoms with Crippen molar-refractivity contribution in [3.63, 3.8) is 0 Å². The minimum absolute atomic E-state index is 0.280. The van der Waals surface area contributed by atoms with Crippen molar-refractivity contribution in [1.29, 1.82) is 0 Å². The van der Waals surface area contributed by atoms with E-state index in [1.807, 2.05) is 17.5 Å². The van der Waals surface area contributed by atoms with Gasteiger partial charge in [-0.1, -0.05) is 41.9 Å². The predicted octanol–water partition coefficient (Wildman–Crippen LogP) is 5.31. The van der Waals surface area contributed by atoms with Gasteiger partial charge < -0.3 is 10.6 Å². The zero-order valence-corrected chi connectivity index (χ0v) is 15.2. The third-order valence-corrected chi connectivity index (χ3v) is 4.66. The van der Waals surface area contributed by atoms with Crippen molar-refractivity contribution in [3.8, 4) is 0 Å². The van der Waals surface area contributed by atoms with Gasteiger partial charge in [-0.2, -0.15) is 0 Å². The van der Waals surface area contributed by atoms with Crippen molar-refractivity contribution in [1.82, 2.24) is 0 Å². The summed E-state index contributed by atoms with van der Waals surface area (Å²) in [5.41, 5.74) is 1.37. The Morgan fingerprint density at radius 3 is 2.27 bits per heavy atom. The maximum atomic E-state index is 12.4. The van der Waals surface area contributed by atoms with Gasteiger partial charge in [0.15, 0.2) is 0 Å². The van der Waals surface area contributed by atoms with Gasteiger partial charge in [0, 0.05) is 11.0 Å². The predicted molar refractivity (Wildman–Crippen MR) is 108 cm³/mol. The average Bonchev–Trinajstić information content (AvgIpc) is 3.15. The zero-order chi connectivity index (χ0) is 18.4. The number of anilines is 2. The molecule has 4 nitrogen and oxygen atoms in total. The number of para-hydroxylation sites is 2. The van der Waals surface area contributed by atoms with E-state index >= 15 is 0 Å². The van der Waals surface area contributed by atoms with Crippen LogP contribution in [0.5, 0.6) is 0 Å². The Hall–Kier alpha value is -2.89. The van der Waals surface area contributed by atoms with Crippen LogP contribution in [0, 0.1) is 0 Å². The maximum absolute atomic E-state index is 12.4. The van der Waals surface area contributed by atoms with Crippen LogP contribution in [-0.4, -0.2) is 11.8 Å². The summed E-state index contributed by atoms with van der Waals surface area (Å²) in [6, 6.07) is 17.6. The number of thiophene rings is 1. The van der Waals surface area contributed by atoms with E-state index in [0.29, 0.717) is 22.0 Å². The van der Waals surface area contributed by atoms with E-state index in [1.165, 1.54) is 6.08 Å². The van der Waals surface area contributed by atoms with Gasteiger partial charge in [-0.25, -0.2) is 0 Å². The van der Waals surface area contributed by atoms with Gasteiger partial charge in [0.05, 0.1) is 22.0 Å². The number of rotatable bonds is 5. The molecule has 0 spiro atoms. The first-order chi connectivity index (χ1) is 12.6. The zero-order valence-electron chi connectivity index (χ0n) is 13.6. The van der Waals surface area contributed by atoms with Crippen LogP contribution < -0.4 is 10.6 Å². The van der Waals surface area contributed by atoms with Crippen molar-refractivity contribution < 1.29 is 9.59 Å². The number of hydrogen-bond acceptors (Lipinski definition) is 3. The minimum atomic E-state index is -0.341. The summed E-state index contributed by atoms with van der Waals surface area (Å²) < 4.78 is 0. The second-order valence-electron chi connectivity index (χ2n) is 5.32. The lowest BCUT2D eigenvalue weighted by molar-refractivity contribution is -0.111. The van der Waals surface area contributed by atoms with E-state index in [4.69, 9.17) is 11.6 Å². The lowest BCUT2D eigenvalue weighted by atomic mass is 10.2. The van der Waals surface area contributed by atoms with Crippen molar-refractivity contribution in [2.24, 2.45) is 0 Å². The van der Waals surface area contributed by atoms with Gasteiger partial charge in [0.25, 0.3) is 5.91 Å². The summed E-state index contributed by atoms with van der Waals surface area (Å²) in [4.78, 5) is 25.6. The number of nitrogens with one attached hydrogen (secondary N) is 2. The van der Waals surface area contributed by atoms with E-state index in [9.17, 15) is 9.59 Å². The number of hydrogen-bond donors (Lipinski definition) is 2. The molecular weight excluding hydrogens is 368 g/mol. The Morgan fingerprint density at radius 1 is 0.885 bits per heavy atom. The monoisotopic (exact) mass is 382 g/mol. The molecule has 2 amide bonds. The Balaban J connectivity index is 1.73. The second-order valence-corrected chi connectivity index (χ2v) is 6.70. The molecular formula is C20H15ClN2O2S. The van der Waals surface area contributed by atoms with Gasteiger partial charge in [-0.3, -0.25) is 9.59 Å². The van der Waals surface area contributed by atoms with Crippen molar-refractivity contribution in [2.45, 2.75) is 0 Å². The molecule has 3 aromatic rings. The first-order valence-electron chi connectivity index (χ1n) is 7.81. The molecule has 130 valence electrons. The van der Waals surface area contributed by atoms with E-state index in [0.717, 1.165) is 4.88 Å². The van der Waals surface area contributed by atoms with Crippen LogP contribution in [0.4, 0.5) is 11.4 Å². The molecule has 0 saturated heterocycles.